The molecule has 1 aromatic heterocycles. The van der Waals surface area contributed by atoms with Crippen LogP contribution in [0.5, 0.6) is 0 Å². The summed E-state index contributed by atoms with van der Waals surface area (Å²) in [7, 11) is 0. The molecular weight excluding hydrogens is 518 g/mol. The van der Waals surface area contributed by atoms with Crippen molar-refractivity contribution in [2.24, 2.45) is 0 Å². The number of pyridine rings is 1. The maximum atomic E-state index is 4.17. The second kappa shape index (κ2) is 10.4. The van der Waals surface area contributed by atoms with Crippen molar-refractivity contribution in [3.63, 3.8) is 0 Å². The highest BCUT2D eigenvalue weighted by Gasteiger charge is 2.17. The Balaban J connectivity index is 1.29. The van der Waals surface area contributed by atoms with E-state index in [-0.39, 0.29) is 0 Å². The van der Waals surface area contributed by atoms with Crippen LogP contribution < -0.4 is 0 Å². The van der Waals surface area contributed by atoms with Gasteiger partial charge in [0.25, 0.3) is 0 Å². The van der Waals surface area contributed by atoms with Crippen LogP contribution in [0, 0.1) is 6.92 Å². The van der Waals surface area contributed by atoms with Crippen LogP contribution >= 0.6 is 0 Å². The molecule has 0 amide bonds. The Hall–Kier alpha value is -5.53. The molecule has 8 aromatic rings. The van der Waals surface area contributed by atoms with E-state index in [1.165, 1.54) is 82.4 Å². The third-order valence-electron chi connectivity index (χ3n) is 8.60. The summed E-state index contributed by atoms with van der Waals surface area (Å²) in [6.07, 6.45) is 3.69. The van der Waals surface area contributed by atoms with Gasteiger partial charge >= 0.3 is 0 Å². The predicted octanol–water partition coefficient (Wildman–Crippen LogP) is 11.5. The lowest BCUT2D eigenvalue weighted by Gasteiger charge is -2.18. The number of hydrogen-bond acceptors (Lipinski definition) is 1. The van der Waals surface area contributed by atoms with Gasteiger partial charge in [-0.05, 0) is 108 Å². The average molecular weight is 548 g/mol. The van der Waals surface area contributed by atoms with Gasteiger partial charge < -0.3 is 0 Å². The minimum atomic E-state index is 1.17. The summed E-state index contributed by atoms with van der Waals surface area (Å²) in [4.78, 5) is 4.17. The van der Waals surface area contributed by atoms with Crippen LogP contribution in [0.2, 0.25) is 0 Å². The first-order valence-corrected chi connectivity index (χ1v) is 14.8. The van der Waals surface area contributed by atoms with Crippen molar-refractivity contribution in [2.75, 3.05) is 0 Å². The molecule has 0 spiro atoms. The second-order valence-electron chi connectivity index (χ2n) is 11.3. The van der Waals surface area contributed by atoms with Crippen LogP contribution in [0.1, 0.15) is 5.56 Å². The van der Waals surface area contributed by atoms with Crippen molar-refractivity contribution in [1.82, 2.24) is 4.98 Å². The highest BCUT2D eigenvalue weighted by atomic mass is 14.6. The fourth-order valence-corrected chi connectivity index (χ4v) is 6.52. The van der Waals surface area contributed by atoms with Gasteiger partial charge in [-0.3, -0.25) is 4.98 Å². The largest absolute Gasteiger partial charge is 0.265 e. The van der Waals surface area contributed by atoms with Gasteiger partial charge in [0.2, 0.25) is 0 Å². The highest BCUT2D eigenvalue weighted by Crippen LogP contribution is 2.44. The number of aromatic nitrogens is 1. The molecule has 0 atom stereocenters. The van der Waals surface area contributed by atoms with E-state index in [4.69, 9.17) is 0 Å². The van der Waals surface area contributed by atoms with Crippen LogP contribution in [-0.4, -0.2) is 4.98 Å². The molecule has 0 saturated carbocycles. The summed E-state index contributed by atoms with van der Waals surface area (Å²) in [5, 5.41) is 7.64. The lowest BCUT2D eigenvalue weighted by molar-refractivity contribution is 1.33. The summed E-state index contributed by atoms with van der Waals surface area (Å²) in [6.45, 7) is 2.16. The van der Waals surface area contributed by atoms with Crippen molar-refractivity contribution in [3.8, 4) is 44.5 Å². The fraction of sp³-hybridized carbons (Fsp3) is 0.0238. The highest BCUT2D eigenvalue weighted by molar-refractivity contribution is 6.21. The van der Waals surface area contributed by atoms with E-state index in [1.807, 2.05) is 12.4 Å². The zero-order chi connectivity index (χ0) is 28.8. The van der Waals surface area contributed by atoms with Gasteiger partial charge in [0.05, 0.1) is 0 Å². The normalized spacial score (nSPS) is 11.4. The van der Waals surface area contributed by atoms with Gasteiger partial charge in [-0.1, -0.05) is 127 Å². The molecule has 0 bridgehead atoms. The van der Waals surface area contributed by atoms with Crippen molar-refractivity contribution < 1.29 is 0 Å². The molecule has 1 heterocycles. The zero-order valence-corrected chi connectivity index (χ0v) is 24.0. The molecule has 202 valence electrons. The Bertz CT molecular complexity index is 2220. The third-order valence-corrected chi connectivity index (χ3v) is 8.60. The predicted molar refractivity (Wildman–Crippen MR) is 183 cm³/mol. The van der Waals surface area contributed by atoms with Crippen molar-refractivity contribution in [3.05, 3.63) is 164 Å². The molecule has 0 N–H and O–H groups in total. The minimum absolute atomic E-state index is 1.17. The van der Waals surface area contributed by atoms with Crippen molar-refractivity contribution >= 4 is 32.3 Å². The van der Waals surface area contributed by atoms with E-state index < -0.39 is 0 Å². The van der Waals surface area contributed by atoms with E-state index in [9.17, 15) is 0 Å². The van der Waals surface area contributed by atoms with Crippen LogP contribution in [0.25, 0.3) is 76.8 Å². The Morgan fingerprint density at radius 1 is 0.349 bits per heavy atom. The second-order valence-corrected chi connectivity index (χ2v) is 11.3. The standard InChI is InChI=1S/C42H29N/c1-28-13-14-30-17-20-35(27-36(30)25-28)42-39-11-4-2-9-37(39)41(38-10-3-5-12-40(38)42)32-18-15-29(16-19-32)33-7-6-8-34(26-33)31-21-23-43-24-22-31/h2-27H,1H3. The van der Waals surface area contributed by atoms with Crippen molar-refractivity contribution in [1.29, 1.82) is 0 Å². The molecule has 0 aliphatic rings. The smallest absolute Gasteiger partial charge is 0.0273 e. The van der Waals surface area contributed by atoms with Crippen LogP contribution in [0.4, 0.5) is 0 Å². The number of fused-ring (bicyclic) bond motifs is 3. The van der Waals surface area contributed by atoms with E-state index in [0.29, 0.717) is 0 Å². The lowest BCUT2D eigenvalue weighted by Crippen LogP contribution is -1.91. The Kier molecular flexibility index (Phi) is 6.09. The molecule has 0 radical (unpaired) electrons. The van der Waals surface area contributed by atoms with Gasteiger partial charge in [-0.2, -0.15) is 0 Å². The number of nitrogens with zero attached hydrogens (tertiary/aromatic N) is 1. The van der Waals surface area contributed by atoms with Crippen LogP contribution in [0.3, 0.4) is 0 Å². The first-order valence-electron chi connectivity index (χ1n) is 14.8. The van der Waals surface area contributed by atoms with Crippen LogP contribution in [0.15, 0.2) is 158 Å². The van der Waals surface area contributed by atoms with E-state index in [0.717, 1.165) is 0 Å². The Morgan fingerprint density at radius 3 is 1.49 bits per heavy atom. The topological polar surface area (TPSA) is 12.9 Å². The van der Waals surface area contributed by atoms with Gasteiger partial charge in [-0.25, -0.2) is 0 Å². The number of rotatable bonds is 4. The first-order chi connectivity index (χ1) is 21.2. The van der Waals surface area contributed by atoms with Crippen LogP contribution in [-0.2, 0) is 0 Å². The van der Waals surface area contributed by atoms with Gasteiger partial charge in [-0.15, -0.1) is 0 Å². The maximum Gasteiger partial charge on any atom is 0.0273 e. The molecule has 0 saturated heterocycles. The SMILES string of the molecule is Cc1ccc2ccc(-c3c4ccccc4c(-c4ccc(-c5cccc(-c6ccncc6)c5)cc4)c4ccccc34)cc2c1. The molecule has 1 heteroatoms. The molecule has 0 aliphatic carbocycles. The van der Waals surface area contributed by atoms with Gasteiger partial charge in [0.15, 0.2) is 0 Å². The molecular formula is C42H29N. The minimum Gasteiger partial charge on any atom is -0.265 e. The number of benzene rings is 7. The molecule has 7 aromatic carbocycles. The van der Waals surface area contributed by atoms with E-state index in [2.05, 4.69) is 158 Å². The van der Waals surface area contributed by atoms with Crippen molar-refractivity contribution in [2.45, 2.75) is 6.92 Å². The molecule has 1 nitrogen and oxygen atoms in total. The molecule has 0 aliphatic heterocycles. The molecule has 0 unspecified atom stereocenters. The summed E-state index contributed by atoms with van der Waals surface area (Å²) in [5.41, 5.74) is 11.1. The quantitative estimate of drug-likeness (QED) is 0.200. The zero-order valence-electron chi connectivity index (χ0n) is 24.0. The average Bonchev–Trinajstić information content (AvgIpc) is 3.07. The van der Waals surface area contributed by atoms with E-state index in [1.54, 1.807) is 0 Å². The summed E-state index contributed by atoms with van der Waals surface area (Å²) < 4.78 is 0. The maximum absolute atomic E-state index is 4.17. The number of aryl methyl sites for hydroxylation is 1. The van der Waals surface area contributed by atoms with Gasteiger partial charge in [0, 0.05) is 12.4 Å². The third kappa shape index (κ3) is 4.47. The molecule has 0 fully saturated rings. The van der Waals surface area contributed by atoms with Gasteiger partial charge in [0.1, 0.15) is 0 Å². The Morgan fingerprint density at radius 2 is 0.860 bits per heavy atom. The molecule has 43 heavy (non-hydrogen) atoms. The number of hydrogen-bond donors (Lipinski definition) is 0. The fourth-order valence-electron chi connectivity index (χ4n) is 6.52. The monoisotopic (exact) mass is 547 g/mol. The summed E-state index contributed by atoms with van der Waals surface area (Å²) in [5.74, 6) is 0. The summed E-state index contributed by atoms with van der Waals surface area (Å²) >= 11 is 0. The lowest BCUT2D eigenvalue weighted by atomic mass is 9.85. The summed E-state index contributed by atoms with van der Waals surface area (Å²) in [6, 6.07) is 53.2. The Labute approximate surface area is 251 Å². The first kappa shape index (κ1) is 25.2. The molecule has 8 rings (SSSR count). The van der Waals surface area contributed by atoms with E-state index >= 15 is 0 Å².